The molecule has 2 aliphatic rings. The predicted octanol–water partition coefficient (Wildman–Crippen LogP) is 4.47. The average molecular weight is 252 g/mol. The van der Waals surface area contributed by atoms with Crippen LogP contribution in [0.5, 0.6) is 0 Å². The summed E-state index contributed by atoms with van der Waals surface area (Å²) >= 11 is 0. The molecule has 2 rings (SSSR count). The van der Waals surface area contributed by atoms with Crippen LogP contribution in [0.3, 0.4) is 0 Å². The van der Waals surface area contributed by atoms with E-state index in [0.717, 1.165) is 31.1 Å². The molecular formula is C16H28O2. The molecule has 104 valence electrons. The molecule has 2 heteroatoms. The third kappa shape index (κ3) is 4.62. The van der Waals surface area contributed by atoms with Crippen molar-refractivity contribution in [2.75, 3.05) is 0 Å². The van der Waals surface area contributed by atoms with Gasteiger partial charge in [0.05, 0.1) is 0 Å². The summed E-state index contributed by atoms with van der Waals surface area (Å²) in [4.78, 5) is 11.8. The number of ether oxygens (including phenoxy) is 1. The normalized spacial score (nSPS) is 30.1. The molecule has 0 atom stereocenters. The van der Waals surface area contributed by atoms with Crippen molar-refractivity contribution in [3.63, 3.8) is 0 Å². The van der Waals surface area contributed by atoms with Gasteiger partial charge in [-0.2, -0.15) is 0 Å². The van der Waals surface area contributed by atoms with Crippen LogP contribution < -0.4 is 0 Å². The van der Waals surface area contributed by atoms with Crippen molar-refractivity contribution >= 4 is 5.97 Å². The minimum atomic E-state index is 0.0557. The first-order valence-electron chi connectivity index (χ1n) is 7.93. The Morgan fingerprint density at radius 3 is 2.33 bits per heavy atom. The van der Waals surface area contributed by atoms with Gasteiger partial charge in [0.2, 0.25) is 0 Å². The third-order valence-electron chi connectivity index (χ3n) is 4.74. The fraction of sp³-hybridized carbons (Fsp3) is 0.938. The molecule has 2 aliphatic carbocycles. The number of rotatable bonds is 4. The van der Waals surface area contributed by atoms with Crippen LogP contribution in [-0.4, -0.2) is 12.1 Å². The lowest BCUT2D eigenvalue weighted by Gasteiger charge is -2.26. The van der Waals surface area contributed by atoms with Gasteiger partial charge in [-0.15, -0.1) is 0 Å². The molecule has 0 unspecified atom stereocenters. The van der Waals surface area contributed by atoms with Crippen LogP contribution in [0.2, 0.25) is 0 Å². The molecule has 0 aromatic rings. The minimum absolute atomic E-state index is 0.0557. The van der Waals surface area contributed by atoms with Crippen LogP contribution in [0.15, 0.2) is 0 Å². The van der Waals surface area contributed by atoms with Gasteiger partial charge in [-0.3, -0.25) is 4.79 Å². The van der Waals surface area contributed by atoms with Crippen LogP contribution in [0, 0.1) is 11.8 Å². The highest BCUT2D eigenvalue weighted by Crippen LogP contribution is 2.28. The Morgan fingerprint density at radius 1 is 1.00 bits per heavy atom. The lowest BCUT2D eigenvalue weighted by atomic mass is 9.86. The number of carbonyl (C=O) groups excluding carboxylic acids is 1. The molecule has 0 bridgehead atoms. The zero-order valence-electron chi connectivity index (χ0n) is 11.8. The van der Waals surface area contributed by atoms with Crippen LogP contribution in [0.4, 0.5) is 0 Å². The van der Waals surface area contributed by atoms with E-state index in [1.165, 1.54) is 44.9 Å². The zero-order chi connectivity index (χ0) is 12.8. The number of hydrogen-bond donors (Lipinski definition) is 0. The van der Waals surface area contributed by atoms with Crippen LogP contribution >= 0.6 is 0 Å². The van der Waals surface area contributed by atoms with E-state index in [1.54, 1.807) is 0 Å². The molecule has 0 saturated heterocycles. The summed E-state index contributed by atoms with van der Waals surface area (Å²) < 4.78 is 5.59. The fourth-order valence-corrected chi connectivity index (χ4v) is 3.39. The lowest BCUT2D eigenvalue weighted by molar-refractivity contribution is -0.151. The van der Waals surface area contributed by atoms with E-state index < -0.39 is 0 Å². The SMILES string of the molecule is CC1CCC(OC(=O)CCC2CCCCC2)CC1. The maximum Gasteiger partial charge on any atom is 0.306 e. The predicted molar refractivity (Wildman–Crippen MR) is 73.3 cm³/mol. The average Bonchev–Trinajstić information content (AvgIpc) is 2.40. The second-order valence-corrected chi connectivity index (χ2v) is 6.41. The fourth-order valence-electron chi connectivity index (χ4n) is 3.39. The molecule has 2 saturated carbocycles. The second kappa shape index (κ2) is 7.16. The highest BCUT2D eigenvalue weighted by atomic mass is 16.5. The smallest absolute Gasteiger partial charge is 0.306 e. The molecule has 0 heterocycles. The van der Waals surface area contributed by atoms with Crippen molar-refractivity contribution in [1.29, 1.82) is 0 Å². The molecule has 0 radical (unpaired) electrons. The van der Waals surface area contributed by atoms with Crippen molar-refractivity contribution in [2.24, 2.45) is 11.8 Å². The highest BCUT2D eigenvalue weighted by molar-refractivity contribution is 5.69. The molecule has 0 amide bonds. The Kier molecular flexibility index (Phi) is 5.52. The molecule has 0 spiro atoms. The molecule has 0 aliphatic heterocycles. The first kappa shape index (κ1) is 13.9. The van der Waals surface area contributed by atoms with E-state index in [1.807, 2.05) is 0 Å². The second-order valence-electron chi connectivity index (χ2n) is 6.41. The van der Waals surface area contributed by atoms with Crippen molar-refractivity contribution in [3.05, 3.63) is 0 Å². The third-order valence-corrected chi connectivity index (χ3v) is 4.74. The van der Waals surface area contributed by atoms with Crippen molar-refractivity contribution < 1.29 is 9.53 Å². The Bertz CT molecular complexity index is 248. The topological polar surface area (TPSA) is 26.3 Å². The molecule has 0 N–H and O–H groups in total. The molecule has 0 aromatic heterocycles. The van der Waals surface area contributed by atoms with Crippen LogP contribution in [0.25, 0.3) is 0 Å². The molecule has 2 nitrogen and oxygen atoms in total. The summed E-state index contributed by atoms with van der Waals surface area (Å²) in [6.07, 6.45) is 13.3. The highest BCUT2D eigenvalue weighted by Gasteiger charge is 2.22. The number of hydrogen-bond acceptors (Lipinski definition) is 2. The van der Waals surface area contributed by atoms with Crippen molar-refractivity contribution in [1.82, 2.24) is 0 Å². The summed E-state index contributed by atoms with van der Waals surface area (Å²) in [5, 5.41) is 0. The van der Waals surface area contributed by atoms with Gasteiger partial charge in [-0.1, -0.05) is 39.0 Å². The maximum atomic E-state index is 11.8. The van der Waals surface area contributed by atoms with E-state index >= 15 is 0 Å². The summed E-state index contributed by atoms with van der Waals surface area (Å²) in [6, 6.07) is 0. The summed E-state index contributed by atoms with van der Waals surface area (Å²) in [5.74, 6) is 1.67. The van der Waals surface area contributed by atoms with Crippen LogP contribution in [0.1, 0.15) is 77.6 Å². The Labute approximate surface area is 111 Å². The van der Waals surface area contributed by atoms with Crippen molar-refractivity contribution in [3.8, 4) is 0 Å². The van der Waals surface area contributed by atoms with Gasteiger partial charge in [0.25, 0.3) is 0 Å². The first-order chi connectivity index (χ1) is 8.74. The van der Waals surface area contributed by atoms with Gasteiger partial charge >= 0.3 is 5.97 Å². The molecule has 18 heavy (non-hydrogen) atoms. The van der Waals surface area contributed by atoms with Crippen molar-refractivity contribution in [2.45, 2.75) is 83.7 Å². The Morgan fingerprint density at radius 2 is 1.67 bits per heavy atom. The quantitative estimate of drug-likeness (QED) is 0.690. The van der Waals surface area contributed by atoms with Gasteiger partial charge in [0.1, 0.15) is 6.10 Å². The summed E-state index contributed by atoms with van der Waals surface area (Å²) in [6.45, 7) is 2.29. The van der Waals surface area contributed by atoms with E-state index in [0.29, 0.717) is 6.42 Å². The lowest BCUT2D eigenvalue weighted by Crippen LogP contribution is -2.24. The van der Waals surface area contributed by atoms with E-state index in [4.69, 9.17) is 4.74 Å². The molecule has 0 aromatic carbocycles. The minimum Gasteiger partial charge on any atom is -0.462 e. The molecular weight excluding hydrogens is 224 g/mol. The zero-order valence-corrected chi connectivity index (χ0v) is 11.8. The first-order valence-corrected chi connectivity index (χ1v) is 7.93. The van der Waals surface area contributed by atoms with E-state index in [2.05, 4.69) is 6.92 Å². The van der Waals surface area contributed by atoms with Crippen LogP contribution in [-0.2, 0) is 9.53 Å². The largest absolute Gasteiger partial charge is 0.462 e. The van der Waals surface area contributed by atoms with Gasteiger partial charge in [-0.25, -0.2) is 0 Å². The summed E-state index contributed by atoms with van der Waals surface area (Å²) in [5.41, 5.74) is 0. The van der Waals surface area contributed by atoms with Gasteiger partial charge < -0.3 is 4.74 Å². The Hall–Kier alpha value is -0.530. The Balaban J connectivity index is 1.59. The van der Waals surface area contributed by atoms with E-state index in [9.17, 15) is 4.79 Å². The molecule has 2 fully saturated rings. The van der Waals surface area contributed by atoms with Gasteiger partial charge in [-0.05, 0) is 43.9 Å². The van der Waals surface area contributed by atoms with E-state index in [-0.39, 0.29) is 12.1 Å². The monoisotopic (exact) mass is 252 g/mol. The maximum absolute atomic E-state index is 11.8. The number of carbonyl (C=O) groups is 1. The standard InChI is InChI=1S/C16H28O2/c1-13-7-10-15(11-8-13)18-16(17)12-9-14-5-3-2-4-6-14/h13-15H,2-12H2,1H3. The van der Waals surface area contributed by atoms with Gasteiger partial charge in [0, 0.05) is 6.42 Å². The number of esters is 1. The summed E-state index contributed by atoms with van der Waals surface area (Å²) in [7, 11) is 0. The van der Waals surface area contributed by atoms with Gasteiger partial charge in [0.15, 0.2) is 0 Å².